The summed E-state index contributed by atoms with van der Waals surface area (Å²) < 4.78 is 10.8. The predicted molar refractivity (Wildman–Crippen MR) is 117 cm³/mol. The molecule has 6 N–H and O–H groups in total. The Morgan fingerprint density at radius 1 is 1.12 bits per heavy atom. The number of nitrogens with zero attached hydrogens (tertiary/aromatic N) is 1. The summed E-state index contributed by atoms with van der Waals surface area (Å²) in [5, 5.41) is 50.4. The molecular formula is C23H20N2O9. The number of aromatic hydroxyl groups is 1. The number of nitrogens with one attached hydrogen (secondary N) is 1. The van der Waals surface area contributed by atoms with Gasteiger partial charge in [-0.05, 0) is 30.7 Å². The van der Waals surface area contributed by atoms with Crippen molar-refractivity contribution in [2.75, 3.05) is 0 Å². The summed E-state index contributed by atoms with van der Waals surface area (Å²) in [6.07, 6.45) is -8.77. The van der Waals surface area contributed by atoms with Crippen LogP contribution in [0.3, 0.4) is 0 Å². The molecule has 0 bridgehead atoms. The molecule has 5 unspecified atom stereocenters. The summed E-state index contributed by atoms with van der Waals surface area (Å²) in [7, 11) is 0. The third kappa shape index (κ3) is 3.33. The highest BCUT2D eigenvalue weighted by Crippen LogP contribution is 2.38. The number of aliphatic hydroxyl groups is 3. The number of hydrogen-bond donors (Lipinski definition) is 6. The van der Waals surface area contributed by atoms with Gasteiger partial charge in [-0.1, -0.05) is 12.1 Å². The number of fused-ring (bicyclic) bond motifs is 2. The smallest absolute Gasteiger partial charge is 0.335 e. The van der Waals surface area contributed by atoms with Gasteiger partial charge in [-0.25, -0.2) is 9.79 Å². The van der Waals surface area contributed by atoms with Crippen LogP contribution in [-0.2, 0) is 9.53 Å². The van der Waals surface area contributed by atoms with Crippen LogP contribution in [0.4, 0.5) is 5.69 Å². The molecule has 176 valence electrons. The lowest BCUT2D eigenvalue weighted by atomic mass is 9.99. The maximum atomic E-state index is 12.9. The first-order valence-corrected chi connectivity index (χ1v) is 10.3. The van der Waals surface area contributed by atoms with E-state index >= 15 is 0 Å². The van der Waals surface area contributed by atoms with Gasteiger partial charge in [0.25, 0.3) is 0 Å². The minimum Gasteiger partial charge on any atom is -0.494 e. The quantitative estimate of drug-likeness (QED) is 0.322. The zero-order valence-electron chi connectivity index (χ0n) is 17.7. The molecule has 1 aromatic heterocycles. The number of Topliss-reactive ketones (excluding diaryl/α,β-unsaturated/α-hetero) is 1. The van der Waals surface area contributed by atoms with Crippen LogP contribution >= 0.6 is 0 Å². The summed E-state index contributed by atoms with van der Waals surface area (Å²) in [4.78, 5) is 31.3. The van der Waals surface area contributed by atoms with Crippen molar-refractivity contribution in [1.82, 2.24) is 4.98 Å². The van der Waals surface area contributed by atoms with Gasteiger partial charge < -0.3 is 40.0 Å². The number of aryl methyl sites for hydroxylation is 1. The molecule has 0 amide bonds. The summed E-state index contributed by atoms with van der Waals surface area (Å²) in [6.45, 7) is 1.66. The molecule has 0 saturated carbocycles. The molecule has 5 atom stereocenters. The fraction of sp³-hybridized carbons (Fsp3) is 0.261. The van der Waals surface area contributed by atoms with Crippen molar-refractivity contribution in [2.45, 2.75) is 37.6 Å². The Hall–Kier alpha value is -3.77. The standard InChI is InChI=1S/C23H20N2O9/c1-8-6-10-12(7-13(8)33-23-19(29)17(27)18(28)20(34-23)22(31)32)25-21(30)14(10)15-16(26)9-4-2-3-5-11(9)24-15/h2-7,17-20,23,25,27-30H,1H3,(H,31,32). The minimum atomic E-state index is -1.84. The van der Waals surface area contributed by atoms with Crippen LogP contribution in [0.25, 0.3) is 10.9 Å². The second kappa shape index (κ2) is 7.92. The lowest BCUT2D eigenvalue weighted by molar-refractivity contribution is -0.271. The molecule has 2 aromatic carbocycles. The van der Waals surface area contributed by atoms with Crippen molar-refractivity contribution in [3.05, 3.63) is 53.1 Å². The third-order valence-corrected chi connectivity index (χ3v) is 5.96. The van der Waals surface area contributed by atoms with E-state index < -0.39 is 36.7 Å². The minimum absolute atomic E-state index is 0.0884. The van der Waals surface area contributed by atoms with Gasteiger partial charge in [-0.15, -0.1) is 0 Å². The number of para-hydroxylation sites is 1. The molecule has 1 fully saturated rings. The van der Waals surface area contributed by atoms with Crippen LogP contribution in [0.1, 0.15) is 21.5 Å². The zero-order chi connectivity index (χ0) is 24.3. The van der Waals surface area contributed by atoms with Crippen molar-refractivity contribution < 1.29 is 44.6 Å². The summed E-state index contributed by atoms with van der Waals surface area (Å²) in [6, 6.07) is 9.95. The molecule has 0 radical (unpaired) electrons. The summed E-state index contributed by atoms with van der Waals surface area (Å²) >= 11 is 0. The lowest BCUT2D eigenvalue weighted by Gasteiger charge is -2.38. The van der Waals surface area contributed by atoms with Crippen molar-refractivity contribution in [1.29, 1.82) is 0 Å². The Bertz CT molecular complexity index is 1360. The van der Waals surface area contributed by atoms with Crippen molar-refractivity contribution in [2.24, 2.45) is 4.99 Å². The molecule has 11 nitrogen and oxygen atoms in total. The molecule has 0 spiro atoms. The topological polar surface area (TPSA) is 182 Å². The van der Waals surface area contributed by atoms with E-state index in [0.29, 0.717) is 27.7 Å². The molecule has 34 heavy (non-hydrogen) atoms. The van der Waals surface area contributed by atoms with E-state index in [4.69, 9.17) is 9.47 Å². The molecule has 1 saturated heterocycles. The van der Waals surface area contributed by atoms with Gasteiger partial charge in [0.1, 0.15) is 29.8 Å². The Balaban J connectivity index is 1.50. The average molecular weight is 468 g/mol. The van der Waals surface area contributed by atoms with E-state index in [0.717, 1.165) is 0 Å². The number of benzene rings is 2. The third-order valence-electron chi connectivity index (χ3n) is 5.96. The van der Waals surface area contributed by atoms with E-state index in [-0.39, 0.29) is 28.7 Å². The monoisotopic (exact) mass is 468 g/mol. The molecule has 2 aliphatic heterocycles. The normalized spacial score (nSPS) is 26.4. The predicted octanol–water partition coefficient (Wildman–Crippen LogP) is 0.770. The van der Waals surface area contributed by atoms with Crippen LogP contribution in [0.15, 0.2) is 41.4 Å². The largest absolute Gasteiger partial charge is 0.494 e. The summed E-state index contributed by atoms with van der Waals surface area (Å²) in [5.74, 6) is -1.97. The van der Waals surface area contributed by atoms with Gasteiger partial charge in [0.05, 0.1) is 16.8 Å². The van der Waals surface area contributed by atoms with Crippen LogP contribution in [0.5, 0.6) is 11.6 Å². The number of aliphatic imine (C=N–C) groups is 1. The molecule has 0 aliphatic carbocycles. The van der Waals surface area contributed by atoms with Gasteiger partial charge >= 0.3 is 5.97 Å². The number of carbonyl (C=O) groups is 2. The lowest BCUT2D eigenvalue weighted by Crippen LogP contribution is -2.61. The number of H-pyrrole nitrogens is 1. The first-order chi connectivity index (χ1) is 16.2. The average Bonchev–Trinajstić information content (AvgIpc) is 3.29. The second-order valence-corrected chi connectivity index (χ2v) is 8.17. The number of aromatic amines is 1. The Morgan fingerprint density at radius 3 is 2.56 bits per heavy atom. The van der Waals surface area contributed by atoms with Gasteiger partial charge in [0.2, 0.25) is 12.1 Å². The maximum Gasteiger partial charge on any atom is 0.335 e. The first-order valence-electron chi connectivity index (χ1n) is 10.3. The van der Waals surface area contributed by atoms with Crippen molar-refractivity contribution >= 4 is 34.1 Å². The number of aromatic nitrogens is 1. The number of aliphatic carboxylic acids is 1. The SMILES string of the molecule is Cc1cc2c(C3=Nc4ccccc4C3=O)c(O)[nH]c2cc1OC1OC(C(=O)O)C(O)C(O)C1O. The number of ketones is 1. The second-order valence-electron chi connectivity index (χ2n) is 8.17. The van der Waals surface area contributed by atoms with E-state index in [1.165, 1.54) is 6.07 Å². The van der Waals surface area contributed by atoms with E-state index in [9.17, 15) is 35.1 Å². The van der Waals surface area contributed by atoms with Gasteiger partial charge in [-0.3, -0.25) is 4.79 Å². The molecule has 5 rings (SSSR count). The molecule has 3 aromatic rings. The Morgan fingerprint density at radius 2 is 1.85 bits per heavy atom. The zero-order valence-corrected chi connectivity index (χ0v) is 17.7. The van der Waals surface area contributed by atoms with Crippen LogP contribution in [-0.4, -0.2) is 78.7 Å². The van der Waals surface area contributed by atoms with Gasteiger partial charge in [0.15, 0.2) is 12.0 Å². The van der Waals surface area contributed by atoms with Gasteiger partial charge in [0, 0.05) is 17.0 Å². The number of rotatable bonds is 4. The van der Waals surface area contributed by atoms with E-state index in [2.05, 4.69) is 9.98 Å². The highest BCUT2D eigenvalue weighted by molar-refractivity contribution is 6.56. The number of carboxylic acids is 1. The van der Waals surface area contributed by atoms with Crippen LogP contribution < -0.4 is 4.74 Å². The van der Waals surface area contributed by atoms with Crippen LogP contribution in [0, 0.1) is 6.92 Å². The van der Waals surface area contributed by atoms with Crippen molar-refractivity contribution in [3.63, 3.8) is 0 Å². The highest BCUT2D eigenvalue weighted by Gasteiger charge is 2.48. The molecule has 2 aliphatic rings. The molecular weight excluding hydrogens is 448 g/mol. The van der Waals surface area contributed by atoms with E-state index in [1.54, 1.807) is 37.3 Å². The van der Waals surface area contributed by atoms with Crippen molar-refractivity contribution in [3.8, 4) is 11.6 Å². The number of carbonyl (C=O) groups excluding carboxylic acids is 1. The first kappa shape index (κ1) is 22.0. The fourth-order valence-electron chi connectivity index (χ4n) is 4.19. The molecule has 3 heterocycles. The number of hydrogen-bond acceptors (Lipinski definition) is 9. The van der Waals surface area contributed by atoms with E-state index in [1.807, 2.05) is 0 Å². The molecule has 11 heteroatoms. The van der Waals surface area contributed by atoms with Gasteiger partial charge in [-0.2, -0.15) is 0 Å². The number of carboxylic acid groups (broad SMARTS) is 1. The number of ether oxygens (including phenoxy) is 2. The fourth-order valence-corrected chi connectivity index (χ4v) is 4.19. The summed E-state index contributed by atoms with van der Waals surface area (Å²) in [5.41, 5.74) is 2.12. The Labute approximate surface area is 191 Å². The van der Waals surface area contributed by atoms with Crippen LogP contribution in [0.2, 0.25) is 0 Å². The maximum absolute atomic E-state index is 12.9. The Kier molecular flexibility index (Phi) is 5.14. The highest BCUT2D eigenvalue weighted by atomic mass is 16.7. The number of aliphatic hydroxyl groups excluding tert-OH is 3.